The van der Waals surface area contributed by atoms with Crippen molar-refractivity contribution in [3.63, 3.8) is 0 Å². The van der Waals surface area contributed by atoms with E-state index in [9.17, 15) is 0 Å². The second kappa shape index (κ2) is 1.97. The number of fused-ring (bicyclic) bond motifs is 1. The van der Waals surface area contributed by atoms with E-state index in [2.05, 4.69) is 11.9 Å². The highest BCUT2D eigenvalue weighted by atomic mass is 16.5. The number of rotatable bonds is 0. The molecule has 1 aliphatic rings. The normalized spacial score (nSPS) is 21.9. The van der Waals surface area contributed by atoms with Gasteiger partial charge >= 0.3 is 0 Å². The van der Waals surface area contributed by atoms with E-state index >= 15 is 0 Å². The van der Waals surface area contributed by atoms with Gasteiger partial charge in [-0.25, -0.2) is 0 Å². The molecule has 0 radical (unpaired) electrons. The van der Waals surface area contributed by atoms with Gasteiger partial charge in [0.2, 0.25) is 0 Å². The minimum Gasteiger partial charge on any atom is -0.491 e. The first-order valence-corrected chi connectivity index (χ1v) is 3.45. The Morgan fingerprint density at radius 2 is 2.60 bits per heavy atom. The molecule has 0 N–H and O–H groups in total. The topological polar surface area (TPSA) is 22.1 Å². The van der Waals surface area contributed by atoms with Crippen LogP contribution in [0.1, 0.15) is 18.5 Å². The van der Waals surface area contributed by atoms with E-state index in [1.54, 1.807) is 0 Å². The molecule has 0 fully saturated rings. The lowest BCUT2D eigenvalue weighted by Crippen LogP contribution is -1.94. The quantitative estimate of drug-likeness (QED) is 0.538. The molecule has 0 bridgehead atoms. The summed E-state index contributed by atoms with van der Waals surface area (Å²) in [5.74, 6) is 1.42. The molecule has 0 amide bonds. The molecule has 0 spiro atoms. The van der Waals surface area contributed by atoms with Crippen LogP contribution in [0.4, 0.5) is 0 Å². The van der Waals surface area contributed by atoms with E-state index in [0.29, 0.717) is 5.92 Å². The Hall–Kier alpha value is -1.05. The van der Waals surface area contributed by atoms with E-state index in [4.69, 9.17) is 4.74 Å². The van der Waals surface area contributed by atoms with Crippen molar-refractivity contribution in [2.24, 2.45) is 0 Å². The van der Waals surface area contributed by atoms with Crippen LogP contribution in [0.25, 0.3) is 0 Å². The fourth-order valence-electron chi connectivity index (χ4n) is 1.19. The molecule has 2 nitrogen and oxygen atoms in total. The summed E-state index contributed by atoms with van der Waals surface area (Å²) in [4.78, 5) is 4.22. The summed E-state index contributed by atoms with van der Waals surface area (Å²) < 4.78 is 5.35. The predicted molar refractivity (Wildman–Crippen MR) is 38.1 cm³/mol. The third kappa shape index (κ3) is 0.685. The van der Waals surface area contributed by atoms with Crippen LogP contribution in [0.3, 0.4) is 0 Å². The van der Waals surface area contributed by atoms with Crippen LogP contribution in [0.2, 0.25) is 0 Å². The van der Waals surface area contributed by atoms with Crippen LogP contribution in [0.5, 0.6) is 5.75 Å². The lowest BCUT2D eigenvalue weighted by Gasteiger charge is -1.95. The van der Waals surface area contributed by atoms with Gasteiger partial charge in [0, 0.05) is 12.1 Å². The molecule has 1 aromatic heterocycles. The lowest BCUT2D eigenvalue weighted by atomic mass is 10.1. The molecular weight excluding hydrogens is 126 g/mol. The van der Waals surface area contributed by atoms with Gasteiger partial charge in [-0.3, -0.25) is 4.98 Å². The molecule has 52 valence electrons. The van der Waals surface area contributed by atoms with Gasteiger partial charge in [-0.05, 0) is 12.1 Å². The van der Waals surface area contributed by atoms with Gasteiger partial charge in [0.05, 0.1) is 12.3 Å². The van der Waals surface area contributed by atoms with Crippen molar-refractivity contribution in [3.8, 4) is 5.75 Å². The standard InChI is InChI=1S/C8H9NO/c1-6-5-10-7-3-2-4-9-8(6)7/h2-4,6H,5H2,1H3/t6-/m0/s1. The maximum absolute atomic E-state index is 5.35. The van der Waals surface area contributed by atoms with Crippen molar-refractivity contribution < 1.29 is 4.74 Å². The summed E-state index contributed by atoms with van der Waals surface area (Å²) >= 11 is 0. The van der Waals surface area contributed by atoms with Crippen LogP contribution in [-0.4, -0.2) is 11.6 Å². The van der Waals surface area contributed by atoms with Crippen LogP contribution < -0.4 is 4.74 Å². The number of pyridine rings is 1. The first-order valence-electron chi connectivity index (χ1n) is 3.45. The summed E-state index contributed by atoms with van der Waals surface area (Å²) in [5, 5.41) is 0. The minimum absolute atomic E-state index is 0.469. The monoisotopic (exact) mass is 135 g/mol. The highest BCUT2D eigenvalue weighted by Gasteiger charge is 2.19. The van der Waals surface area contributed by atoms with E-state index in [0.717, 1.165) is 18.1 Å². The molecule has 0 saturated carbocycles. The van der Waals surface area contributed by atoms with Crippen molar-refractivity contribution in [3.05, 3.63) is 24.0 Å². The van der Waals surface area contributed by atoms with Crippen LogP contribution in [0, 0.1) is 0 Å². The molecule has 1 atom stereocenters. The first kappa shape index (κ1) is 5.71. The second-order valence-corrected chi connectivity index (χ2v) is 2.60. The Balaban J connectivity index is 2.51. The van der Waals surface area contributed by atoms with Gasteiger partial charge in [-0.15, -0.1) is 0 Å². The van der Waals surface area contributed by atoms with Crippen molar-refractivity contribution in [1.29, 1.82) is 0 Å². The molecule has 10 heavy (non-hydrogen) atoms. The highest BCUT2D eigenvalue weighted by molar-refractivity contribution is 5.32. The van der Waals surface area contributed by atoms with E-state index < -0.39 is 0 Å². The molecule has 1 aliphatic heterocycles. The Labute approximate surface area is 59.9 Å². The molecule has 2 rings (SSSR count). The van der Waals surface area contributed by atoms with Gasteiger partial charge in [-0.1, -0.05) is 6.92 Å². The first-order chi connectivity index (χ1) is 4.88. The molecule has 0 aliphatic carbocycles. The zero-order valence-electron chi connectivity index (χ0n) is 5.87. The highest BCUT2D eigenvalue weighted by Crippen LogP contribution is 2.30. The molecule has 0 saturated heterocycles. The molecule has 0 unspecified atom stereocenters. The fourth-order valence-corrected chi connectivity index (χ4v) is 1.19. The Kier molecular flexibility index (Phi) is 1.13. The molecular formula is C8H9NO. The third-order valence-corrected chi connectivity index (χ3v) is 1.76. The van der Waals surface area contributed by atoms with Crippen LogP contribution in [0.15, 0.2) is 18.3 Å². The van der Waals surface area contributed by atoms with E-state index in [1.165, 1.54) is 0 Å². The van der Waals surface area contributed by atoms with Gasteiger partial charge in [0.15, 0.2) is 0 Å². The summed E-state index contributed by atoms with van der Waals surface area (Å²) in [6.45, 7) is 2.91. The summed E-state index contributed by atoms with van der Waals surface area (Å²) in [6, 6.07) is 3.86. The SMILES string of the molecule is C[C@H]1COc2cccnc21. The van der Waals surface area contributed by atoms with Crippen molar-refractivity contribution in [2.45, 2.75) is 12.8 Å². The predicted octanol–water partition coefficient (Wildman–Crippen LogP) is 1.58. The van der Waals surface area contributed by atoms with Crippen molar-refractivity contribution in [2.75, 3.05) is 6.61 Å². The summed E-state index contributed by atoms with van der Waals surface area (Å²) in [7, 11) is 0. The largest absolute Gasteiger partial charge is 0.491 e. The van der Waals surface area contributed by atoms with Crippen molar-refractivity contribution >= 4 is 0 Å². The summed E-state index contributed by atoms with van der Waals surface area (Å²) in [6.07, 6.45) is 1.81. The van der Waals surface area contributed by atoms with Crippen LogP contribution >= 0.6 is 0 Å². The minimum atomic E-state index is 0.469. The van der Waals surface area contributed by atoms with Gasteiger partial charge in [0.1, 0.15) is 5.75 Å². The smallest absolute Gasteiger partial charge is 0.141 e. The van der Waals surface area contributed by atoms with Crippen molar-refractivity contribution in [1.82, 2.24) is 4.98 Å². The maximum atomic E-state index is 5.35. The van der Waals surface area contributed by atoms with Gasteiger partial charge < -0.3 is 4.74 Å². The Morgan fingerprint density at radius 3 is 3.40 bits per heavy atom. The van der Waals surface area contributed by atoms with E-state index in [-0.39, 0.29) is 0 Å². The number of hydrogen-bond donors (Lipinski definition) is 0. The molecule has 0 aromatic carbocycles. The Bertz CT molecular complexity index is 247. The zero-order chi connectivity index (χ0) is 6.97. The fraction of sp³-hybridized carbons (Fsp3) is 0.375. The Morgan fingerprint density at radius 1 is 1.70 bits per heavy atom. The third-order valence-electron chi connectivity index (χ3n) is 1.76. The zero-order valence-corrected chi connectivity index (χ0v) is 5.87. The number of ether oxygens (including phenoxy) is 1. The van der Waals surface area contributed by atoms with Gasteiger partial charge in [-0.2, -0.15) is 0 Å². The van der Waals surface area contributed by atoms with Gasteiger partial charge in [0.25, 0.3) is 0 Å². The molecule has 2 heteroatoms. The molecule has 1 aromatic rings. The average molecular weight is 135 g/mol. The second-order valence-electron chi connectivity index (χ2n) is 2.60. The number of nitrogens with zero attached hydrogens (tertiary/aromatic N) is 1. The lowest BCUT2D eigenvalue weighted by molar-refractivity contribution is 0.337. The average Bonchev–Trinajstić information content (AvgIpc) is 2.34. The molecule has 2 heterocycles. The van der Waals surface area contributed by atoms with E-state index in [1.807, 2.05) is 18.3 Å². The number of hydrogen-bond acceptors (Lipinski definition) is 2. The maximum Gasteiger partial charge on any atom is 0.141 e. The van der Waals surface area contributed by atoms with Crippen LogP contribution in [-0.2, 0) is 0 Å². The number of aromatic nitrogens is 1. The summed E-state index contributed by atoms with van der Waals surface area (Å²) in [5.41, 5.74) is 1.10.